The van der Waals surface area contributed by atoms with Gasteiger partial charge in [-0.05, 0) is 55.7 Å². The van der Waals surface area contributed by atoms with Gasteiger partial charge in [-0.25, -0.2) is 0 Å². The number of carbonyl (C=O) groups excluding carboxylic acids is 2. The fraction of sp³-hybridized carbons (Fsp3) is 0.300. The van der Waals surface area contributed by atoms with Gasteiger partial charge in [0, 0.05) is 16.8 Å². The number of nitrogens with one attached hydrogen (secondary N) is 3. The van der Waals surface area contributed by atoms with Gasteiger partial charge in [-0.15, -0.1) is 0 Å². The third-order valence-corrected chi connectivity index (χ3v) is 4.52. The van der Waals surface area contributed by atoms with Crippen LogP contribution >= 0.6 is 11.6 Å². The smallest absolute Gasteiger partial charge is 0.243 e. The fourth-order valence-electron chi connectivity index (χ4n) is 2.44. The molecule has 0 fully saturated rings. The van der Waals surface area contributed by atoms with E-state index in [2.05, 4.69) is 16.0 Å². The molecule has 2 aromatic rings. The lowest BCUT2D eigenvalue weighted by molar-refractivity contribution is -0.123. The van der Waals surface area contributed by atoms with Gasteiger partial charge in [0.1, 0.15) is 0 Å². The Morgan fingerprint density at radius 3 is 2.38 bits per heavy atom. The third-order valence-electron chi connectivity index (χ3n) is 4.26. The Bertz CT molecular complexity index is 775. The predicted molar refractivity (Wildman–Crippen MR) is 105 cm³/mol. The maximum absolute atomic E-state index is 12.0. The molecule has 3 N–H and O–H groups in total. The highest BCUT2D eigenvalue weighted by atomic mass is 35.5. The van der Waals surface area contributed by atoms with Crippen LogP contribution in [0.2, 0.25) is 5.02 Å². The van der Waals surface area contributed by atoms with E-state index in [-0.39, 0.29) is 30.9 Å². The van der Waals surface area contributed by atoms with Crippen LogP contribution in [0.1, 0.15) is 29.7 Å². The zero-order valence-corrected chi connectivity index (χ0v) is 16.0. The summed E-state index contributed by atoms with van der Waals surface area (Å²) < 4.78 is 0. The topological polar surface area (TPSA) is 70.2 Å². The highest BCUT2D eigenvalue weighted by Crippen LogP contribution is 2.17. The van der Waals surface area contributed by atoms with Gasteiger partial charge in [0.05, 0.1) is 13.1 Å². The van der Waals surface area contributed by atoms with Crippen LogP contribution in [-0.4, -0.2) is 24.9 Å². The summed E-state index contributed by atoms with van der Waals surface area (Å²) in [7, 11) is 0. The highest BCUT2D eigenvalue weighted by Gasteiger charge is 2.10. The number of hydrogen-bond acceptors (Lipinski definition) is 3. The zero-order valence-electron chi connectivity index (χ0n) is 15.2. The molecule has 0 spiro atoms. The summed E-state index contributed by atoms with van der Waals surface area (Å²) in [6.45, 7) is 5.96. The maximum atomic E-state index is 12.0. The largest absolute Gasteiger partial charge is 0.346 e. The average molecular weight is 374 g/mol. The molecular formula is C20H24ClN3O2. The average Bonchev–Trinajstić information content (AvgIpc) is 2.62. The van der Waals surface area contributed by atoms with Crippen LogP contribution in [0.15, 0.2) is 42.5 Å². The summed E-state index contributed by atoms with van der Waals surface area (Å²) in [6, 6.07) is 13.2. The lowest BCUT2D eigenvalue weighted by atomic mass is 10.1. The molecule has 138 valence electrons. The van der Waals surface area contributed by atoms with Crippen molar-refractivity contribution in [3.05, 3.63) is 64.2 Å². The first kappa shape index (κ1) is 19.9. The van der Waals surface area contributed by atoms with E-state index in [0.717, 1.165) is 22.4 Å². The maximum Gasteiger partial charge on any atom is 0.243 e. The molecule has 6 heteroatoms. The van der Waals surface area contributed by atoms with Crippen LogP contribution < -0.4 is 16.0 Å². The molecule has 0 aliphatic rings. The normalized spacial score (nSPS) is 11.7. The van der Waals surface area contributed by atoms with Crippen molar-refractivity contribution in [2.45, 2.75) is 26.8 Å². The van der Waals surface area contributed by atoms with E-state index in [1.807, 2.05) is 63.2 Å². The Morgan fingerprint density at radius 2 is 1.69 bits per heavy atom. The number of benzene rings is 2. The number of anilines is 1. The first-order valence-corrected chi connectivity index (χ1v) is 8.86. The summed E-state index contributed by atoms with van der Waals surface area (Å²) in [6.07, 6.45) is 0. The first-order valence-electron chi connectivity index (χ1n) is 8.48. The van der Waals surface area contributed by atoms with Gasteiger partial charge in [-0.2, -0.15) is 0 Å². The summed E-state index contributed by atoms with van der Waals surface area (Å²) in [5.74, 6) is -0.486. The highest BCUT2D eigenvalue weighted by molar-refractivity contribution is 6.30. The molecule has 0 heterocycles. The van der Waals surface area contributed by atoms with Gasteiger partial charge < -0.3 is 16.0 Å². The summed E-state index contributed by atoms with van der Waals surface area (Å²) in [5, 5.41) is 9.23. The van der Waals surface area contributed by atoms with Crippen molar-refractivity contribution in [1.82, 2.24) is 10.6 Å². The Balaban J connectivity index is 1.75. The van der Waals surface area contributed by atoms with E-state index in [4.69, 9.17) is 11.6 Å². The second-order valence-corrected chi connectivity index (χ2v) is 6.66. The Kier molecular flexibility index (Phi) is 7.18. The first-order chi connectivity index (χ1) is 12.4. The van der Waals surface area contributed by atoms with Crippen LogP contribution in [0.3, 0.4) is 0 Å². The van der Waals surface area contributed by atoms with E-state index in [9.17, 15) is 9.59 Å². The van der Waals surface area contributed by atoms with E-state index >= 15 is 0 Å². The van der Waals surface area contributed by atoms with Crippen molar-refractivity contribution in [2.75, 3.05) is 18.4 Å². The molecule has 0 radical (unpaired) electrons. The molecule has 2 rings (SSSR count). The molecule has 2 aromatic carbocycles. The van der Waals surface area contributed by atoms with Crippen molar-refractivity contribution >= 4 is 29.1 Å². The van der Waals surface area contributed by atoms with Crippen LogP contribution in [-0.2, 0) is 9.59 Å². The van der Waals surface area contributed by atoms with Gasteiger partial charge in [-0.3, -0.25) is 9.59 Å². The van der Waals surface area contributed by atoms with Crippen molar-refractivity contribution in [1.29, 1.82) is 0 Å². The Morgan fingerprint density at radius 1 is 1.00 bits per heavy atom. The minimum absolute atomic E-state index is 0.00165. The van der Waals surface area contributed by atoms with Crippen molar-refractivity contribution in [3.8, 4) is 0 Å². The third kappa shape index (κ3) is 5.86. The number of halogens is 1. The monoisotopic (exact) mass is 373 g/mol. The molecule has 0 bridgehead atoms. The van der Waals surface area contributed by atoms with E-state index in [1.165, 1.54) is 0 Å². The van der Waals surface area contributed by atoms with Crippen molar-refractivity contribution in [2.24, 2.45) is 0 Å². The minimum atomic E-state index is -0.252. The van der Waals surface area contributed by atoms with E-state index in [0.29, 0.717) is 5.02 Å². The molecule has 0 saturated heterocycles. The van der Waals surface area contributed by atoms with Crippen LogP contribution in [0.4, 0.5) is 5.69 Å². The fourth-order valence-corrected chi connectivity index (χ4v) is 2.56. The SMILES string of the molecule is Cc1cccc(NC(=O)CNC(=O)CN[C@H](C)c2ccc(Cl)cc2)c1C. The molecule has 26 heavy (non-hydrogen) atoms. The Labute approximate surface area is 159 Å². The number of amides is 2. The van der Waals surface area contributed by atoms with Gasteiger partial charge in [0.2, 0.25) is 11.8 Å². The van der Waals surface area contributed by atoms with Crippen molar-refractivity contribution in [3.63, 3.8) is 0 Å². The quantitative estimate of drug-likeness (QED) is 0.697. The van der Waals surface area contributed by atoms with E-state index in [1.54, 1.807) is 0 Å². The van der Waals surface area contributed by atoms with E-state index < -0.39 is 0 Å². The summed E-state index contributed by atoms with van der Waals surface area (Å²) >= 11 is 5.87. The number of hydrogen-bond donors (Lipinski definition) is 3. The standard InChI is InChI=1S/C20H24ClN3O2/c1-13-5-4-6-18(14(13)2)24-20(26)12-23-19(25)11-22-15(3)16-7-9-17(21)10-8-16/h4-10,15,22H,11-12H2,1-3H3,(H,23,25)(H,24,26)/t15-/m1/s1. The molecular weight excluding hydrogens is 350 g/mol. The number of aryl methyl sites for hydroxylation is 1. The molecule has 0 aromatic heterocycles. The molecule has 0 aliphatic heterocycles. The molecule has 0 unspecified atom stereocenters. The van der Waals surface area contributed by atoms with Crippen LogP contribution in [0, 0.1) is 13.8 Å². The number of carbonyl (C=O) groups is 2. The van der Waals surface area contributed by atoms with Gasteiger partial charge >= 0.3 is 0 Å². The van der Waals surface area contributed by atoms with Crippen LogP contribution in [0.25, 0.3) is 0 Å². The zero-order chi connectivity index (χ0) is 19.1. The second kappa shape index (κ2) is 9.36. The lowest BCUT2D eigenvalue weighted by Gasteiger charge is -2.14. The molecule has 2 amide bonds. The lowest BCUT2D eigenvalue weighted by Crippen LogP contribution is -2.39. The summed E-state index contributed by atoms with van der Waals surface area (Å²) in [5.41, 5.74) is 3.92. The second-order valence-electron chi connectivity index (χ2n) is 6.23. The molecule has 0 saturated carbocycles. The minimum Gasteiger partial charge on any atom is -0.346 e. The molecule has 5 nitrogen and oxygen atoms in total. The predicted octanol–water partition coefficient (Wildman–Crippen LogP) is 3.36. The van der Waals surface area contributed by atoms with Gasteiger partial charge in [0.15, 0.2) is 0 Å². The molecule has 0 aliphatic carbocycles. The van der Waals surface area contributed by atoms with Gasteiger partial charge in [-0.1, -0.05) is 35.9 Å². The van der Waals surface area contributed by atoms with Gasteiger partial charge in [0.25, 0.3) is 0 Å². The molecule has 1 atom stereocenters. The number of rotatable bonds is 7. The summed E-state index contributed by atoms with van der Waals surface area (Å²) in [4.78, 5) is 23.9. The Hall–Kier alpha value is -2.37. The van der Waals surface area contributed by atoms with Crippen molar-refractivity contribution < 1.29 is 9.59 Å². The van der Waals surface area contributed by atoms with Crippen LogP contribution in [0.5, 0.6) is 0 Å².